The number of aromatic carboxylic acids is 1. The summed E-state index contributed by atoms with van der Waals surface area (Å²) in [5.41, 5.74) is 6.78. The van der Waals surface area contributed by atoms with E-state index < -0.39 is 5.97 Å². The molecule has 18 heavy (non-hydrogen) atoms. The molecule has 0 atom stereocenters. The highest BCUT2D eigenvalue weighted by atomic mass is 32.1. The first kappa shape index (κ1) is 12.4. The fourth-order valence-electron chi connectivity index (χ4n) is 1.57. The van der Waals surface area contributed by atoms with Crippen LogP contribution in [0.1, 0.15) is 15.4 Å². The molecule has 2 rings (SSSR count). The Bertz CT molecular complexity index is 540. The van der Waals surface area contributed by atoms with E-state index >= 15 is 0 Å². The number of hydrogen-bond acceptors (Lipinski definition) is 5. The second-order valence-corrected chi connectivity index (χ2v) is 4.69. The van der Waals surface area contributed by atoms with Gasteiger partial charge in [0.25, 0.3) is 0 Å². The molecular weight excluding hydrogens is 250 g/mol. The predicted molar refractivity (Wildman–Crippen MR) is 72.1 cm³/mol. The van der Waals surface area contributed by atoms with Gasteiger partial charge in [0.1, 0.15) is 0 Å². The Morgan fingerprint density at radius 2 is 2.33 bits per heavy atom. The lowest BCUT2D eigenvalue weighted by molar-refractivity contribution is 0.0698. The third-order valence-corrected chi connectivity index (χ3v) is 3.25. The molecule has 0 saturated carbocycles. The van der Waals surface area contributed by atoms with Crippen molar-refractivity contribution in [2.45, 2.75) is 6.42 Å². The van der Waals surface area contributed by atoms with E-state index in [4.69, 9.17) is 10.8 Å². The first-order chi connectivity index (χ1) is 8.66. The molecule has 0 bridgehead atoms. The van der Waals surface area contributed by atoms with Gasteiger partial charge >= 0.3 is 5.97 Å². The van der Waals surface area contributed by atoms with Crippen LogP contribution in [0.3, 0.4) is 0 Å². The quantitative estimate of drug-likeness (QED) is 0.719. The Morgan fingerprint density at radius 1 is 1.50 bits per heavy atom. The van der Waals surface area contributed by atoms with Crippen LogP contribution in [0.15, 0.2) is 29.8 Å². The molecule has 1 aromatic heterocycles. The largest absolute Gasteiger partial charge is 0.478 e. The van der Waals surface area contributed by atoms with Crippen LogP contribution in [0, 0.1) is 0 Å². The Labute approximate surface area is 108 Å². The van der Waals surface area contributed by atoms with Gasteiger partial charge in [-0.1, -0.05) is 0 Å². The number of carboxylic acid groups (broad SMARTS) is 1. The maximum absolute atomic E-state index is 11.1. The third-order valence-electron chi connectivity index (χ3n) is 2.41. The fourth-order valence-corrected chi connectivity index (χ4v) is 2.19. The van der Waals surface area contributed by atoms with Gasteiger partial charge in [0, 0.05) is 35.9 Å². The summed E-state index contributed by atoms with van der Waals surface area (Å²) in [6.45, 7) is 0.637. The summed E-state index contributed by atoms with van der Waals surface area (Å²) in [4.78, 5) is 15.2. The molecule has 1 aromatic carbocycles. The molecule has 0 aliphatic heterocycles. The molecule has 1 heterocycles. The van der Waals surface area contributed by atoms with Gasteiger partial charge < -0.3 is 16.2 Å². The topological polar surface area (TPSA) is 88.2 Å². The van der Waals surface area contributed by atoms with Gasteiger partial charge in [-0.3, -0.25) is 0 Å². The van der Waals surface area contributed by atoms with Crippen LogP contribution in [0.25, 0.3) is 0 Å². The van der Waals surface area contributed by atoms with Crippen LogP contribution in [0.5, 0.6) is 0 Å². The minimum absolute atomic E-state index is 0.189. The average molecular weight is 263 g/mol. The first-order valence-electron chi connectivity index (χ1n) is 5.42. The second-order valence-electron chi connectivity index (χ2n) is 3.71. The molecule has 2 aromatic rings. The summed E-state index contributed by atoms with van der Waals surface area (Å²) in [6, 6.07) is 4.81. The van der Waals surface area contributed by atoms with Crippen molar-refractivity contribution in [1.82, 2.24) is 4.98 Å². The summed E-state index contributed by atoms with van der Waals surface area (Å²) >= 11 is 1.58. The van der Waals surface area contributed by atoms with E-state index in [2.05, 4.69) is 10.3 Å². The van der Waals surface area contributed by atoms with Crippen molar-refractivity contribution in [3.63, 3.8) is 0 Å². The van der Waals surface area contributed by atoms with Gasteiger partial charge in [-0.2, -0.15) is 0 Å². The molecule has 5 nitrogen and oxygen atoms in total. The van der Waals surface area contributed by atoms with Gasteiger partial charge in [-0.05, 0) is 18.2 Å². The Balaban J connectivity index is 2.02. The number of thiazole rings is 1. The van der Waals surface area contributed by atoms with Crippen LogP contribution >= 0.6 is 11.3 Å². The van der Waals surface area contributed by atoms with Gasteiger partial charge in [0.15, 0.2) is 0 Å². The zero-order valence-corrected chi connectivity index (χ0v) is 10.4. The van der Waals surface area contributed by atoms with E-state index in [9.17, 15) is 4.79 Å². The number of nitrogens with one attached hydrogen (secondary N) is 1. The number of benzene rings is 1. The number of hydrogen-bond donors (Lipinski definition) is 3. The lowest BCUT2D eigenvalue weighted by Gasteiger charge is -2.09. The summed E-state index contributed by atoms with van der Waals surface area (Å²) in [5.74, 6) is -0.987. The standard InChI is InChI=1S/C12H13N3O2S/c13-8-1-2-10(9(7-8)12(16)17)14-4-3-11-15-5-6-18-11/h1-2,5-7,14H,3-4,13H2,(H,16,17). The zero-order chi connectivity index (χ0) is 13.0. The van der Waals surface area contributed by atoms with Gasteiger partial charge in [0.05, 0.1) is 10.6 Å². The number of carbonyl (C=O) groups is 1. The van der Waals surface area contributed by atoms with E-state index in [1.165, 1.54) is 6.07 Å². The maximum atomic E-state index is 11.1. The Kier molecular flexibility index (Phi) is 3.78. The molecule has 0 unspecified atom stereocenters. The Morgan fingerprint density at radius 3 is 3.00 bits per heavy atom. The van der Waals surface area contributed by atoms with Crippen molar-refractivity contribution in [2.75, 3.05) is 17.6 Å². The van der Waals surface area contributed by atoms with Crippen molar-refractivity contribution in [3.8, 4) is 0 Å². The molecule has 0 saturated heterocycles. The van der Waals surface area contributed by atoms with Crippen molar-refractivity contribution < 1.29 is 9.90 Å². The lowest BCUT2D eigenvalue weighted by atomic mass is 10.1. The number of nitrogens with zero attached hydrogens (tertiary/aromatic N) is 1. The SMILES string of the molecule is Nc1ccc(NCCc2nccs2)c(C(=O)O)c1. The monoisotopic (exact) mass is 263 g/mol. The molecule has 4 N–H and O–H groups in total. The van der Waals surface area contributed by atoms with E-state index in [0.29, 0.717) is 17.9 Å². The number of nitrogens with two attached hydrogens (primary N) is 1. The van der Waals surface area contributed by atoms with E-state index in [1.807, 2.05) is 5.38 Å². The van der Waals surface area contributed by atoms with Crippen molar-refractivity contribution in [3.05, 3.63) is 40.3 Å². The molecule has 0 aliphatic carbocycles. The number of rotatable bonds is 5. The van der Waals surface area contributed by atoms with Gasteiger partial charge in [0.2, 0.25) is 0 Å². The van der Waals surface area contributed by atoms with Crippen molar-refractivity contribution in [1.29, 1.82) is 0 Å². The minimum Gasteiger partial charge on any atom is -0.478 e. The number of aromatic nitrogens is 1. The highest BCUT2D eigenvalue weighted by Gasteiger charge is 2.10. The maximum Gasteiger partial charge on any atom is 0.337 e. The van der Waals surface area contributed by atoms with Crippen LogP contribution < -0.4 is 11.1 Å². The van der Waals surface area contributed by atoms with Gasteiger partial charge in [-0.25, -0.2) is 9.78 Å². The number of carboxylic acids is 1. The van der Waals surface area contributed by atoms with E-state index in [0.717, 1.165) is 11.4 Å². The fraction of sp³-hybridized carbons (Fsp3) is 0.167. The molecule has 0 fully saturated rings. The molecule has 0 radical (unpaired) electrons. The minimum atomic E-state index is -0.987. The van der Waals surface area contributed by atoms with Crippen molar-refractivity contribution >= 4 is 28.7 Å². The predicted octanol–water partition coefficient (Wildman–Crippen LogP) is 2.08. The van der Waals surface area contributed by atoms with Crippen molar-refractivity contribution in [2.24, 2.45) is 0 Å². The molecule has 0 amide bonds. The van der Waals surface area contributed by atoms with Crippen LogP contribution in [-0.4, -0.2) is 22.6 Å². The first-order valence-corrected chi connectivity index (χ1v) is 6.30. The zero-order valence-electron chi connectivity index (χ0n) is 9.59. The highest BCUT2D eigenvalue weighted by molar-refractivity contribution is 7.09. The van der Waals surface area contributed by atoms with Crippen LogP contribution in [0.4, 0.5) is 11.4 Å². The molecular formula is C12H13N3O2S. The summed E-state index contributed by atoms with van der Waals surface area (Å²) in [7, 11) is 0. The van der Waals surface area contributed by atoms with Crippen LogP contribution in [-0.2, 0) is 6.42 Å². The smallest absolute Gasteiger partial charge is 0.337 e. The Hall–Kier alpha value is -2.08. The summed E-state index contributed by atoms with van der Waals surface area (Å²) in [6.07, 6.45) is 2.52. The molecule has 0 spiro atoms. The van der Waals surface area contributed by atoms with E-state index in [1.54, 1.807) is 29.7 Å². The second kappa shape index (κ2) is 5.50. The third kappa shape index (κ3) is 2.98. The molecule has 94 valence electrons. The number of anilines is 2. The lowest BCUT2D eigenvalue weighted by Crippen LogP contribution is -2.09. The summed E-state index contributed by atoms with van der Waals surface area (Å²) in [5, 5.41) is 15.1. The summed E-state index contributed by atoms with van der Waals surface area (Å²) < 4.78 is 0. The van der Waals surface area contributed by atoms with Crippen LogP contribution in [0.2, 0.25) is 0 Å². The highest BCUT2D eigenvalue weighted by Crippen LogP contribution is 2.19. The molecule has 6 heteroatoms. The average Bonchev–Trinajstić information content (AvgIpc) is 2.84. The number of nitrogen functional groups attached to an aromatic ring is 1. The normalized spacial score (nSPS) is 10.2. The van der Waals surface area contributed by atoms with E-state index in [-0.39, 0.29) is 5.56 Å². The molecule has 0 aliphatic rings. The van der Waals surface area contributed by atoms with Gasteiger partial charge in [-0.15, -0.1) is 11.3 Å².